The van der Waals surface area contributed by atoms with Gasteiger partial charge in [-0.05, 0) is 46.6 Å². The Balaban J connectivity index is 1.66. The largest absolute Gasteiger partial charge is 0.466 e. The van der Waals surface area contributed by atoms with Crippen molar-refractivity contribution in [2.45, 2.75) is 52.7 Å². The molecule has 2 amide bonds. The van der Waals surface area contributed by atoms with Crippen molar-refractivity contribution in [2.24, 2.45) is 0 Å². The molecule has 1 atom stereocenters. The Kier molecular flexibility index (Phi) is 6.25. The Bertz CT molecular complexity index is 703. The third kappa shape index (κ3) is 5.35. The number of imidazole rings is 1. The van der Waals surface area contributed by atoms with Crippen molar-refractivity contribution < 1.29 is 14.3 Å². The second kappa shape index (κ2) is 8.20. The monoisotopic (exact) mass is 348 g/mol. The normalized spacial score (nSPS) is 13.5. The molecule has 0 fully saturated rings. The summed E-state index contributed by atoms with van der Waals surface area (Å²) in [5.74, 6) is 2.41. The van der Waals surface area contributed by atoms with Crippen molar-refractivity contribution >= 4 is 6.03 Å². The van der Waals surface area contributed by atoms with Crippen molar-refractivity contribution in [3.63, 3.8) is 0 Å². The summed E-state index contributed by atoms with van der Waals surface area (Å²) < 4.78 is 7.53. The zero-order valence-corrected chi connectivity index (χ0v) is 15.4. The molecule has 0 bridgehead atoms. The van der Waals surface area contributed by atoms with Crippen LogP contribution < -0.4 is 10.6 Å². The molecule has 138 valence electrons. The molecule has 0 spiro atoms. The van der Waals surface area contributed by atoms with E-state index in [9.17, 15) is 9.90 Å². The van der Waals surface area contributed by atoms with E-state index in [4.69, 9.17) is 4.42 Å². The lowest BCUT2D eigenvalue weighted by atomic mass is 9.96. The van der Waals surface area contributed by atoms with Crippen LogP contribution in [0.1, 0.15) is 42.7 Å². The molecule has 7 nitrogen and oxygen atoms in total. The fourth-order valence-corrected chi connectivity index (χ4v) is 2.82. The van der Waals surface area contributed by atoms with Gasteiger partial charge in [0, 0.05) is 31.0 Å². The average Bonchev–Trinajstić information content (AvgIpc) is 3.10. The van der Waals surface area contributed by atoms with Crippen molar-refractivity contribution in [1.82, 2.24) is 20.2 Å². The van der Waals surface area contributed by atoms with Gasteiger partial charge in [-0.3, -0.25) is 0 Å². The van der Waals surface area contributed by atoms with Crippen LogP contribution in [-0.2, 0) is 12.1 Å². The van der Waals surface area contributed by atoms with Crippen LogP contribution in [0.25, 0.3) is 0 Å². The lowest BCUT2D eigenvalue weighted by Gasteiger charge is -2.23. The van der Waals surface area contributed by atoms with Crippen LogP contribution in [0, 0.1) is 20.8 Å². The molecule has 2 aromatic heterocycles. The molecular formula is C18H28N4O3. The van der Waals surface area contributed by atoms with Gasteiger partial charge in [0.1, 0.15) is 22.9 Å². The SMILES string of the molecule is Cc1cc(C(C)(O)CNC(=O)NCCCCn2ccnc2C)c(C)o1. The Morgan fingerprint density at radius 1 is 1.32 bits per heavy atom. The third-order valence-corrected chi connectivity index (χ3v) is 4.25. The molecule has 3 N–H and O–H groups in total. The van der Waals surface area contributed by atoms with E-state index >= 15 is 0 Å². The number of unbranched alkanes of at least 4 members (excludes halogenated alkanes) is 1. The quantitative estimate of drug-likeness (QED) is 0.639. The summed E-state index contributed by atoms with van der Waals surface area (Å²) in [5, 5.41) is 16.1. The molecule has 1 unspecified atom stereocenters. The fraction of sp³-hybridized carbons (Fsp3) is 0.556. The minimum atomic E-state index is -1.17. The standard InChI is InChI=1S/C18H28N4O3/c1-13-11-16(14(2)25-13)18(4,24)12-21-17(23)20-7-5-6-9-22-10-8-19-15(22)3/h8,10-11,24H,5-7,9,12H2,1-4H3,(H2,20,21,23). The van der Waals surface area contributed by atoms with Crippen LogP contribution in [0.5, 0.6) is 0 Å². The topological polar surface area (TPSA) is 92.3 Å². The molecule has 0 saturated carbocycles. The highest BCUT2D eigenvalue weighted by atomic mass is 16.3. The predicted octanol–water partition coefficient (Wildman–Crippen LogP) is 2.39. The maximum absolute atomic E-state index is 11.9. The van der Waals surface area contributed by atoms with Gasteiger partial charge in [0.15, 0.2) is 0 Å². The van der Waals surface area contributed by atoms with Gasteiger partial charge >= 0.3 is 6.03 Å². The fourth-order valence-electron chi connectivity index (χ4n) is 2.82. The number of urea groups is 1. The number of carbonyl (C=O) groups is 1. The van der Waals surface area contributed by atoms with Gasteiger partial charge in [-0.2, -0.15) is 0 Å². The molecule has 0 saturated heterocycles. The molecule has 25 heavy (non-hydrogen) atoms. The number of furan rings is 1. The Morgan fingerprint density at radius 3 is 2.68 bits per heavy atom. The summed E-state index contributed by atoms with van der Waals surface area (Å²) in [6.07, 6.45) is 5.58. The smallest absolute Gasteiger partial charge is 0.314 e. The van der Waals surface area contributed by atoms with E-state index in [2.05, 4.69) is 20.2 Å². The van der Waals surface area contributed by atoms with Gasteiger partial charge in [-0.1, -0.05) is 0 Å². The third-order valence-electron chi connectivity index (χ3n) is 4.25. The first-order chi connectivity index (χ1) is 11.8. The van der Waals surface area contributed by atoms with Crippen molar-refractivity contribution in [3.8, 4) is 0 Å². The first-order valence-electron chi connectivity index (χ1n) is 8.59. The van der Waals surface area contributed by atoms with E-state index in [1.165, 1.54) is 0 Å². The van der Waals surface area contributed by atoms with E-state index in [0.29, 0.717) is 17.9 Å². The summed E-state index contributed by atoms with van der Waals surface area (Å²) in [5.41, 5.74) is -0.473. The number of rotatable bonds is 8. The number of hydrogen-bond acceptors (Lipinski definition) is 4. The lowest BCUT2D eigenvalue weighted by Crippen LogP contribution is -2.43. The number of nitrogens with one attached hydrogen (secondary N) is 2. The van der Waals surface area contributed by atoms with Gasteiger partial charge in [0.2, 0.25) is 0 Å². The van der Waals surface area contributed by atoms with Gasteiger partial charge in [0.25, 0.3) is 0 Å². The maximum atomic E-state index is 11.9. The van der Waals surface area contributed by atoms with Crippen LogP contribution >= 0.6 is 0 Å². The van der Waals surface area contributed by atoms with Crippen LogP contribution in [0.2, 0.25) is 0 Å². The number of aromatic nitrogens is 2. The van der Waals surface area contributed by atoms with Crippen LogP contribution in [0.3, 0.4) is 0 Å². The van der Waals surface area contributed by atoms with Gasteiger partial charge < -0.3 is 24.7 Å². The van der Waals surface area contributed by atoms with Crippen LogP contribution in [-0.4, -0.2) is 33.8 Å². The van der Waals surface area contributed by atoms with Crippen molar-refractivity contribution in [1.29, 1.82) is 0 Å². The van der Waals surface area contributed by atoms with Gasteiger partial charge in [-0.25, -0.2) is 9.78 Å². The minimum Gasteiger partial charge on any atom is -0.466 e. The van der Waals surface area contributed by atoms with Crippen molar-refractivity contribution in [3.05, 3.63) is 41.4 Å². The first kappa shape index (κ1) is 19.1. The summed E-state index contributed by atoms with van der Waals surface area (Å²) in [7, 11) is 0. The molecule has 0 aliphatic rings. The molecule has 2 heterocycles. The molecule has 0 aromatic carbocycles. The number of amides is 2. The summed E-state index contributed by atoms with van der Waals surface area (Å²) in [4.78, 5) is 16.1. The number of aryl methyl sites for hydroxylation is 4. The number of aliphatic hydroxyl groups is 1. The Labute approximate surface area is 148 Å². The minimum absolute atomic E-state index is 0.118. The maximum Gasteiger partial charge on any atom is 0.314 e. The molecule has 2 rings (SSSR count). The highest BCUT2D eigenvalue weighted by Gasteiger charge is 2.28. The van der Waals surface area contributed by atoms with E-state index in [1.807, 2.05) is 20.0 Å². The average molecular weight is 348 g/mol. The highest BCUT2D eigenvalue weighted by Crippen LogP contribution is 2.26. The van der Waals surface area contributed by atoms with E-state index in [1.54, 1.807) is 26.1 Å². The Morgan fingerprint density at radius 2 is 2.08 bits per heavy atom. The first-order valence-corrected chi connectivity index (χ1v) is 8.59. The number of nitrogens with zero attached hydrogens (tertiary/aromatic N) is 2. The van der Waals surface area contributed by atoms with Gasteiger partial charge in [-0.15, -0.1) is 0 Å². The zero-order valence-electron chi connectivity index (χ0n) is 15.4. The molecule has 0 aliphatic heterocycles. The molecule has 7 heteroatoms. The van der Waals surface area contributed by atoms with Gasteiger partial charge in [0.05, 0.1) is 6.54 Å². The summed E-state index contributed by atoms with van der Waals surface area (Å²) in [6, 6.07) is 1.52. The second-order valence-corrected chi connectivity index (χ2v) is 6.59. The van der Waals surface area contributed by atoms with Crippen molar-refractivity contribution in [2.75, 3.05) is 13.1 Å². The highest BCUT2D eigenvalue weighted by molar-refractivity contribution is 5.73. The molecule has 0 aliphatic carbocycles. The second-order valence-electron chi connectivity index (χ2n) is 6.59. The zero-order chi connectivity index (χ0) is 18.4. The van der Waals surface area contributed by atoms with E-state index < -0.39 is 5.60 Å². The van der Waals surface area contributed by atoms with E-state index in [-0.39, 0.29) is 12.6 Å². The lowest BCUT2D eigenvalue weighted by molar-refractivity contribution is 0.0579. The van der Waals surface area contributed by atoms with Crippen LogP contribution in [0.15, 0.2) is 22.9 Å². The number of carbonyl (C=O) groups excluding carboxylic acids is 1. The summed E-state index contributed by atoms with van der Waals surface area (Å²) >= 11 is 0. The number of hydrogen-bond donors (Lipinski definition) is 3. The van der Waals surface area contributed by atoms with E-state index in [0.717, 1.165) is 31.0 Å². The predicted molar refractivity (Wildman–Crippen MR) is 95.4 cm³/mol. The summed E-state index contributed by atoms with van der Waals surface area (Å²) in [6.45, 7) is 8.87. The molecular weight excluding hydrogens is 320 g/mol. The van der Waals surface area contributed by atoms with Crippen LogP contribution in [0.4, 0.5) is 4.79 Å². The molecule has 2 aromatic rings. The Hall–Kier alpha value is -2.28. The molecule has 0 radical (unpaired) electrons.